The number of aldehydes is 1. The molecule has 0 saturated heterocycles. The van der Waals surface area contributed by atoms with Gasteiger partial charge >= 0.3 is 0 Å². The average Bonchev–Trinajstić information content (AvgIpc) is 2.51. The minimum Gasteiger partial charge on any atom is -0.429 e. The van der Waals surface area contributed by atoms with E-state index in [1.54, 1.807) is 24.3 Å². The van der Waals surface area contributed by atoms with Gasteiger partial charge in [0.1, 0.15) is 18.1 Å². The van der Waals surface area contributed by atoms with Crippen LogP contribution in [0.4, 0.5) is 0 Å². The maximum atomic E-state index is 11.1. The maximum Gasteiger partial charge on any atom is 0.264 e. The van der Waals surface area contributed by atoms with Crippen LogP contribution >= 0.6 is 12.9 Å². The van der Waals surface area contributed by atoms with E-state index in [0.29, 0.717) is 17.7 Å². The molecule has 6 nitrogen and oxygen atoms in total. The predicted octanol–water partition coefficient (Wildman–Crippen LogP) is 2.57. The third kappa shape index (κ3) is 4.78. The van der Waals surface area contributed by atoms with Gasteiger partial charge in [-0.15, -0.1) is 0 Å². The van der Waals surface area contributed by atoms with Gasteiger partial charge in [0.2, 0.25) is 0 Å². The second-order valence-electron chi connectivity index (χ2n) is 4.92. The van der Waals surface area contributed by atoms with Gasteiger partial charge in [-0.3, -0.25) is 8.98 Å². The Morgan fingerprint density at radius 1 is 1.26 bits per heavy atom. The van der Waals surface area contributed by atoms with Crippen molar-refractivity contribution < 1.29 is 21.6 Å². The molecule has 8 heteroatoms. The summed E-state index contributed by atoms with van der Waals surface area (Å²) < 4.78 is 31.8. The van der Waals surface area contributed by atoms with Crippen molar-refractivity contribution in [3.05, 3.63) is 47.3 Å². The van der Waals surface area contributed by atoms with Gasteiger partial charge in [-0.1, -0.05) is 6.07 Å². The van der Waals surface area contributed by atoms with Gasteiger partial charge in [0.15, 0.2) is 6.29 Å². The first-order chi connectivity index (χ1) is 10.8. The Hall–Kier alpha value is -1.90. The van der Waals surface area contributed by atoms with Gasteiger partial charge in [-0.25, -0.2) is 4.98 Å². The first-order valence-electron chi connectivity index (χ1n) is 6.55. The molecule has 2 aromatic rings. The Morgan fingerprint density at radius 2 is 2.00 bits per heavy atom. The lowest BCUT2D eigenvalue weighted by Gasteiger charge is -2.10. The van der Waals surface area contributed by atoms with E-state index in [4.69, 9.17) is 8.37 Å². The molecule has 1 aromatic heterocycles. The lowest BCUT2D eigenvalue weighted by Crippen LogP contribution is -2.05. The fourth-order valence-electron chi connectivity index (χ4n) is 2.08. The van der Waals surface area contributed by atoms with Crippen LogP contribution in [0, 0.1) is 6.92 Å². The zero-order chi connectivity index (χ0) is 17.0. The summed E-state index contributed by atoms with van der Waals surface area (Å²) in [7, 11) is -3.59. The van der Waals surface area contributed by atoms with E-state index in [-0.39, 0.29) is 12.3 Å². The summed E-state index contributed by atoms with van der Waals surface area (Å²) >= 11 is 3.75. The molecule has 0 amide bonds. The normalized spacial score (nSPS) is 11.3. The summed E-state index contributed by atoms with van der Waals surface area (Å²) in [6.45, 7) is 1.66. The number of thiol groups is 1. The van der Waals surface area contributed by atoms with Gasteiger partial charge in [0.05, 0.1) is 11.9 Å². The van der Waals surface area contributed by atoms with Crippen LogP contribution in [0.5, 0.6) is 5.75 Å². The molecular weight excluding hydrogens is 338 g/mol. The quantitative estimate of drug-likeness (QED) is 0.372. The first-order valence-corrected chi connectivity index (χ1v) is 8.73. The molecule has 1 aromatic carbocycles. The summed E-state index contributed by atoms with van der Waals surface area (Å²) in [5, 5.41) is 0. The molecule has 122 valence electrons. The van der Waals surface area contributed by atoms with Crippen molar-refractivity contribution in [2.24, 2.45) is 0 Å². The number of rotatable bonds is 6. The molecule has 0 N–H and O–H groups in total. The summed E-state index contributed by atoms with van der Waals surface area (Å²) in [4.78, 5) is 15.1. The van der Waals surface area contributed by atoms with E-state index < -0.39 is 10.1 Å². The lowest BCUT2D eigenvalue weighted by atomic mass is 10.00. The fourth-order valence-corrected chi connectivity index (χ4v) is 2.53. The Balaban J connectivity index is 2.44. The average molecular weight is 353 g/mol. The Bertz CT molecular complexity index is 834. The largest absolute Gasteiger partial charge is 0.429 e. The molecule has 0 aliphatic carbocycles. The van der Waals surface area contributed by atoms with Crippen molar-refractivity contribution in [3.8, 4) is 16.9 Å². The molecule has 0 radical (unpaired) electrons. The van der Waals surface area contributed by atoms with Crippen LogP contribution in [-0.2, 0) is 20.9 Å². The second kappa shape index (κ2) is 7.12. The van der Waals surface area contributed by atoms with Gasteiger partial charge in [0, 0.05) is 12.9 Å². The molecule has 0 aliphatic heterocycles. The maximum absolute atomic E-state index is 11.1. The highest BCUT2D eigenvalue weighted by Crippen LogP contribution is 2.28. The van der Waals surface area contributed by atoms with Gasteiger partial charge < -0.3 is 4.18 Å². The Kier molecular flexibility index (Phi) is 5.40. The summed E-state index contributed by atoms with van der Waals surface area (Å²) in [6.07, 6.45) is 1.56. The number of carbonyl (C=O) groups is 1. The van der Waals surface area contributed by atoms with Crippen molar-refractivity contribution in [1.29, 1.82) is 0 Å². The molecule has 1 heterocycles. The second-order valence-corrected chi connectivity index (χ2v) is 6.75. The number of aromatic nitrogens is 1. The van der Waals surface area contributed by atoms with Crippen LogP contribution in [0.25, 0.3) is 11.1 Å². The monoisotopic (exact) mass is 353 g/mol. The number of benzene rings is 1. The van der Waals surface area contributed by atoms with E-state index in [2.05, 4.69) is 17.9 Å². The van der Waals surface area contributed by atoms with Crippen molar-refractivity contribution in [2.45, 2.75) is 13.5 Å². The van der Waals surface area contributed by atoms with Gasteiger partial charge in [-0.2, -0.15) is 8.42 Å². The smallest absolute Gasteiger partial charge is 0.264 e. The van der Waals surface area contributed by atoms with Crippen LogP contribution in [0.15, 0.2) is 30.3 Å². The van der Waals surface area contributed by atoms with Crippen LogP contribution in [0.2, 0.25) is 0 Å². The van der Waals surface area contributed by atoms with Crippen molar-refractivity contribution in [1.82, 2.24) is 4.98 Å². The minimum atomic E-state index is -3.59. The lowest BCUT2D eigenvalue weighted by molar-refractivity contribution is 0.111. The topological polar surface area (TPSA) is 82.6 Å². The Labute approximate surface area is 140 Å². The Morgan fingerprint density at radius 3 is 2.57 bits per heavy atom. The minimum absolute atomic E-state index is 0.198. The third-order valence-electron chi connectivity index (χ3n) is 3.05. The molecule has 0 spiro atoms. The zero-order valence-electron chi connectivity index (χ0n) is 12.5. The van der Waals surface area contributed by atoms with Crippen LogP contribution in [0.1, 0.15) is 21.7 Å². The van der Waals surface area contributed by atoms with Crippen molar-refractivity contribution in [3.63, 3.8) is 0 Å². The molecule has 0 atom stereocenters. The summed E-state index contributed by atoms with van der Waals surface area (Å²) in [5.41, 5.74) is 3.06. The van der Waals surface area contributed by atoms with Crippen LogP contribution in [-0.4, -0.2) is 25.9 Å². The van der Waals surface area contributed by atoms with Crippen LogP contribution in [0.3, 0.4) is 0 Å². The highest BCUT2D eigenvalue weighted by molar-refractivity contribution is 7.85. The predicted molar refractivity (Wildman–Crippen MR) is 89.0 cm³/mol. The van der Waals surface area contributed by atoms with E-state index >= 15 is 0 Å². The van der Waals surface area contributed by atoms with E-state index in [9.17, 15) is 13.2 Å². The molecule has 0 fully saturated rings. The number of hydrogen-bond acceptors (Lipinski definition) is 7. The molecule has 0 unspecified atom stereocenters. The third-order valence-corrected chi connectivity index (χ3v) is 3.81. The molecule has 0 bridgehead atoms. The number of nitrogens with zero attached hydrogens (tertiary/aromatic N) is 1. The van der Waals surface area contributed by atoms with Gasteiger partial charge in [0.25, 0.3) is 10.1 Å². The highest BCUT2D eigenvalue weighted by Gasteiger charge is 2.10. The van der Waals surface area contributed by atoms with E-state index in [1.807, 2.05) is 13.0 Å². The number of hydrogen-bond donors (Lipinski definition) is 1. The molecule has 23 heavy (non-hydrogen) atoms. The molecule has 0 aliphatic rings. The highest BCUT2D eigenvalue weighted by atomic mass is 32.2. The zero-order valence-corrected chi connectivity index (χ0v) is 14.2. The van der Waals surface area contributed by atoms with E-state index in [1.165, 1.54) is 0 Å². The van der Waals surface area contributed by atoms with Crippen molar-refractivity contribution in [2.75, 3.05) is 6.26 Å². The number of pyridine rings is 1. The summed E-state index contributed by atoms with van der Waals surface area (Å²) in [5.74, 6) is 0.597. The number of carbonyl (C=O) groups excluding carboxylic acids is 1. The van der Waals surface area contributed by atoms with Crippen LogP contribution < -0.4 is 4.18 Å². The summed E-state index contributed by atoms with van der Waals surface area (Å²) in [6, 6.07) is 8.67. The SMILES string of the molecule is Cc1cc(OS)ccc1-c1cc(C=O)nc(COS(C)(=O)=O)c1. The standard InChI is InChI=1S/C15H15NO5S2/c1-10-5-14(21-22)3-4-15(10)11-6-12(8-17)16-13(7-11)9-20-23(2,18)19/h3-8,22H,9H2,1-2H3. The van der Waals surface area contributed by atoms with E-state index in [0.717, 1.165) is 22.9 Å². The molecular formula is C15H15NO5S2. The molecule has 2 rings (SSSR count). The number of aryl methyl sites for hydroxylation is 1. The fraction of sp³-hybridized carbons (Fsp3) is 0.200. The van der Waals surface area contributed by atoms with Crippen molar-refractivity contribution >= 4 is 29.3 Å². The van der Waals surface area contributed by atoms with Gasteiger partial charge in [-0.05, 0) is 47.9 Å². The molecule has 0 saturated carbocycles. The first kappa shape index (κ1) is 17.5.